The zero-order valence-electron chi connectivity index (χ0n) is 14.4. The molecular weight excluding hydrogens is 382 g/mol. The van der Waals surface area contributed by atoms with E-state index in [4.69, 9.17) is 0 Å². The van der Waals surface area contributed by atoms with E-state index in [0.29, 0.717) is 5.71 Å². The number of hydrazone groups is 1. The minimum atomic E-state index is -3.75. The number of benzene rings is 2. The largest absolute Gasteiger partial charge is 0.278 e. The van der Waals surface area contributed by atoms with Gasteiger partial charge >= 0.3 is 0 Å². The number of nitrogens with zero attached hydrogens (tertiary/aromatic N) is 1. The Morgan fingerprint density at radius 2 is 1.67 bits per heavy atom. The van der Waals surface area contributed by atoms with Gasteiger partial charge in [0, 0.05) is 0 Å². The number of nitrogens with one attached hydrogen (secondary N) is 2. The van der Waals surface area contributed by atoms with Crippen LogP contribution in [0.2, 0.25) is 0 Å². The third-order valence-corrected chi connectivity index (χ3v) is 6.46. The van der Waals surface area contributed by atoms with Crippen LogP contribution < -0.4 is 10.1 Å². The lowest BCUT2D eigenvalue weighted by molar-refractivity contribution is 0.0955. The van der Waals surface area contributed by atoms with Crippen molar-refractivity contribution >= 4 is 38.7 Å². The second-order valence-corrected chi connectivity index (χ2v) is 8.44. The van der Waals surface area contributed by atoms with E-state index >= 15 is 0 Å². The van der Waals surface area contributed by atoms with Crippen LogP contribution >= 0.6 is 11.3 Å². The highest BCUT2D eigenvalue weighted by Crippen LogP contribution is 2.22. The van der Waals surface area contributed by atoms with Crippen molar-refractivity contribution in [1.82, 2.24) is 5.43 Å². The molecule has 0 atom stereocenters. The van der Waals surface area contributed by atoms with Gasteiger partial charge in [0.05, 0.1) is 17.0 Å². The fourth-order valence-electron chi connectivity index (χ4n) is 2.32. The number of hydrogen-bond acceptors (Lipinski definition) is 5. The van der Waals surface area contributed by atoms with E-state index in [9.17, 15) is 13.2 Å². The van der Waals surface area contributed by atoms with Crippen molar-refractivity contribution in [2.24, 2.45) is 5.10 Å². The summed E-state index contributed by atoms with van der Waals surface area (Å²) < 4.78 is 27.5. The monoisotopic (exact) mass is 399 g/mol. The van der Waals surface area contributed by atoms with Crippen molar-refractivity contribution in [3.8, 4) is 0 Å². The fourth-order valence-corrected chi connectivity index (χ4v) is 4.39. The van der Waals surface area contributed by atoms with Crippen molar-refractivity contribution in [1.29, 1.82) is 0 Å². The SMILES string of the molecule is C/C(=N\NC(=O)c1ccccc1NS(=O)(=O)c1cccs1)c1ccccc1. The topological polar surface area (TPSA) is 87.6 Å². The van der Waals surface area contributed by atoms with Crippen LogP contribution in [0.5, 0.6) is 0 Å². The van der Waals surface area contributed by atoms with Gasteiger partial charge in [0.25, 0.3) is 15.9 Å². The number of para-hydroxylation sites is 1. The molecule has 2 N–H and O–H groups in total. The predicted octanol–water partition coefficient (Wildman–Crippen LogP) is 3.70. The van der Waals surface area contributed by atoms with Crippen LogP contribution in [0.3, 0.4) is 0 Å². The van der Waals surface area contributed by atoms with Crippen LogP contribution in [-0.2, 0) is 10.0 Å². The summed E-state index contributed by atoms with van der Waals surface area (Å²) in [5, 5.41) is 5.77. The summed E-state index contributed by atoms with van der Waals surface area (Å²) in [6.07, 6.45) is 0. The number of sulfonamides is 1. The molecule has 1 aromatic heterocycles. The first-order valence-electron chi connectivity index (χ1n) is 8.03. The molecular formula is C19H17N3O3S2. The van der Waals surface area contributed by atoms with E-state index in [0.717, 1.165) is 16.9 Å². The van der Waals surface area contributed by atoms with Crippen molar-refractivity contribution < 1.29 is 13.2 Å². The standard InChI is InChI=1S/C19H17N3O3S2/c1-14(15-8-3-2-4-9-15)20-21-19(23)16-10-5-6-11-17(16)22-27(24,25)18-12-7-13-26-18/h2-13,22H,1H3,(H,21,23)/b20-14+. The molecule has 8 heteroatoms. The Morgan fingerprint density at radius 3 is 2.37 bits per heavy atom. The van der Waals surface area contributed by atoms with Gasteiger partial charge in [0.15, 0.2) is 0 Å². The van der Waals surface area contributed by atoms with E-state index in [1.165, 1.54) is 18.2 Å². The number of rotatable bonds is 6. The molecule has 6 nitrogen and oxygen atoms in total. The van der Waals surface area contributed by atoms with Gasteiger partial charge in [0.2, 0.25) is 0 Å². The van der Waals surface area contributed by atoms with Crippen LogP contribution in [0.1, 0.15) is 22.8 Å². The van der Waals surface area contributed by atoms with Crippen molar-refractivity contribution in [2.75, 3.05) is 4.72 Å². The lowest BCUT2D eigenvalue weighted by atomic mass is 10.1. The molecule has 138 valence electrons. The van der Waals surface area contributed by atoms with Gasteiger partial charge in [-0.25, -0.2) is 13.8 Å². The van der Waals surface area contributed by atoms with Gasteiger partial charge in [-0.3, -0.25) is 9.52 Å². The maximum Gasteiger partial charge on any atom is 0.273 e. The zero-order chi connectivity index (χ0) is 19.3. The lowest BCUT2D eigenvalue weighted by Crippen LogP contribution is -2.22. The smallest absolute Gasteiger partial charge is 0.273 e. The second kappa shape index (κ2) is 8.15. The average Bonchev–Trinajstić information content (AvgIpc) is 3.22. The van der Waals surface area contributed by atoms with Gasteiger partial charge in [-0.05, 0) is 36.1 Å². The van der Waals surface area contributed by atoms with Crippen molar-refractivity contribution in [3.63, 3.8) is 0 Å². The summed E-state index contributed by atoms with van der Waals surface area (Å²) >= 11 is 1.10. The Bertz CT molecular complexity index is 1060. The Kier molecular flexibility index (Phi) is 5.68. The third-order valence-electron chi connectivity index (χ3n) is 3.69. The summed E-state index contributed by atoms with van der Waals surface area (Å²) in [5.74, 6) is -0.505. The molecule has 0 spiro atoms. The summed E-state index contributed by atoms with van der Waals surface area (Å²) in [7, 11) is -3.75. The molecule has 0 saturated carbocycles. The molecule has 0 aliphatic carbocycles. The van der Waals surface area contributed by atoms with Crippen LogP contribution in [0.4, 0.5) is 5.69 Å². The van der Waals surface area contributed by atoms with Gasteiger partial charge in [-0.15, -0.1) is 11.3 Å². The first-order valence-corrected chi connectivity index (χ1v) is 10.4. The van der Waals surface area contributed by atoms with Crippen LogP contribution in [0.25, 0.3) is 0 Å². The molecule has 2 aromatic carbocycles. The van der Waals surface area contributed by atoms with Crippen molar-refractivity contribution in [3.05, 3.63) is 83.2 Å². The first-order chi connectivity index (χ1) is 13.0. The predicted molar refractivity (Wildman–Crippen MR) is 108 cm³/mol. The maximum atomic E-state index is 12.5. The molecule has 3 rings (SSSR count). The molecule has 0 aliphatic rings. The Morgan fingerprint density at radius 1 is 0.963 bits per heavy atom. The Labute approximate surface area is 161 Å². The minimum absolute atomic E-state index is 0.177. The van der Waals surface area contributed by atoms with Gasteiger partial charge < -0.3 is 0 Å². The quantitative estimate of drug-likeness (QED) is 0.489. The van der Waals surface area contributed by atoms with E-state index in [2.05, 4.69) is 15.2 Å². The minimum Gasteiger partial charge on any atom is -0.278 e. The summed E-state index contributed by atoms with van der Waals surface area (Å²) in [6.45, 7) is 1.78. The number of carbonyl (C=O) groups is 1. The number of amides is 1. The summed E-state index contributed by atoms with van der Waals surface area (Å²) in [5.41, 5.74) is 4.37. The number of carbonyl (C=O) groups excluding carboxylic acids is 1. The normalized spacial score (nSPS) is 11.8. The van der Waals surface area contributed by atoms with E-state index in [1.54, 1.807) is 30.5 Å². The molecule has 0 saturated heterocycles. The van der Waals surface area contributed by atoms with E-state index in [1.807, 2.05) is 30.3 Å². The zero-order valence-corrected chi connectivity index (χ0v) is 16.0. The van der Waals surface area contributed by atoms with Crippen LogP contribution in [-0.4, -0.2) is 20.0 Å². The second-order valence-electron chi connectivity index (χ2n) is 5.59. The van der Waals surface area contributed by atoms with Crippen LogP contribution in [0.15, 0.2) is 81.4 Å². The van der Waals surface area contributed by atoms with Gasteiger partial charge in [0.1, 0.15) is 4.21 Å². The van der Waals surface area contributed by atoms with Gasteiger partial charge in [-0.2, -0.15) is 5.10 Å². The lowest BCUT2D eigenvalue weighted by Gasteiger charge is -2.11. The fraction of sp³-hybridized carbons (Fsp3) is 0.0526. The molecule has 0 bridgehead atoms. The van der Waals surface area contributed by atoms with E-state index in [-0.39, 0.29) is 15.5 Å². The number of hydrogen-bond donors (Lipinski definition) is 2. The Balaban J connectivity index is 1.80. The van der Waals surface area contributed by atoms with Crippen molar-refractivity contribution in [2.45, 2.75) is 11.1 Å². The maximum absolute atomic E-state index is 12.5. The highest BCUT2D eigenvalue weighted by molar-refractivity contribution is 7.94. The molecule has 1 amide bonds. The molecule has 0 unspecified atom stereocenters. The molecule has 3 aromatic rings. The highest BCUT2D eigenvalue weighted by Gasteiger charge is 2.19. The molecule has 0 radical (unpaired) electrons. The summed E-state index contributed by atoms with van der Waals surface area (Å²) in [6, 6.07) is 19.0. The number of thiophene rings is 1. The molecule has 27 heavy (non-hydrogen) atoms. The van der Waals surface area contributed by atoms with Gasteiger partial charge in [-0.1, -0.05) is 48.5 Å². The van der Waals surface area contributed by atoms with E-state index < -0.39 is 15.9 Å². The third kappa shape index (κ3) is 4.60. The Hall–Kier alpha value is -2.97. The van der Waals surface area contributed by atoms with Crippen LogP contribution in [0, 0.1) is 0 Å². The highest BCUT2D eigenvalue weighted by atomic mass is 32.2. The average molecular weight is 399 g/mol. The molecule has 0 fully saturated rings. The number of anilines is 1. The molecule has 1 heterocycles. The molecule has 0 aliphatic heterocycles. The summed E-state index contributed by atoms with van der Waals surface area (Å²) in [4.78, 5) is 12.5. The first kappa shape index (κ1) is 18.8.